The lowest BCUT2D eigenvalue weighted by atomic mass is 10.2. The van der Waals surface area contributed by atoms with Gasteiger partial charge < -0.3 is 5.11 Å². The fraction of sp³-hybridized carbons (Fsp3) is 0.111. The molecule has 0 aromatic carbocycles. The lowest BCUT2D eigenvalue weighted by Gasteiger charge is -1.93. The molecule has 0 bridgehead atoms. The van der Waals surface area contributed by atoms with E-state index < -0.39 is 5.97 Å². The molecule has 1 N–H and O–H groups in total. The molecule has 0 radical (unpaired) electrons. The Labute approximate surface area is 81.2 Å². The summed E-state index contributed by atoms with van der Waals surface area (Å²) < 4.78 is 0. The van der Waals surface area contributed by atoms with Crippen LogP contribution in [0.2, 0.25) is 0 Å². The third kappa shape index (κ3) is 2.80. The van der Waals surface area contributed by atoms with Crippen LogP contribution in [0.5, 0.6) is 0 Å². The van der Waals surface area contributed by atoms with E-state index in [1.807, 2.05) is 0 Å². The quantitative estimate of drug-likeness (QED) is 0.518. The molecule has 0 aliphatic rings. The molecule has 3 nitrogen and oxygen atoms in total. The highest BCUT2D eigenvalue weighted by Gasteiger charge is 2.01. The van der Waals surface area contributed by atoms with Gasteiger partial charge >= 0.3 is 5.97 Å². The van der Waals surface area contributed by atoms with Crippen LogP contribution in [0.3, 0.4) is 0 Å². The Morgan fingerprint density at radius 2 is 2.38 bits per heavy atom. The Morgan fingerprint density at radius 3 is 3.00 bits per heavy atom. The van der Waals surface area contributed by atoms with Crippen LogP contribution in [-0.2, 0) is 0 Å². The van der Waals surface area contributed by atoms with Gasteiger partial charge in [0.25, 0.3) is 0 Å². The van der Waals surface area contributed by atoms with Crippen molar-refractivity contribution in [2.75, 3.05) is 5.75 Å². The van der Waals surface area contributed by atoms with Gasteiger partial charge in [-0.15, -0.1) is 0 Å². The fourth-order valence-corrected chi connectivity index (χ4v) is 0.846. The maximum Gasteiger partial charge on any atom is 0.337 e. The van der Waals surface area contributed by atoms with E-state index in [1.165, 1.54) is 18.5 Å². The molecular weight excluding hydrogens is 186 g/mol. The molecule has 1 aromatic heterocycles. The SMILES string of the molecule is O=C(O)c1cncc(C#CCS)c1. The number of aromatic nitrogens is 1. The zero-order chi connectivity index (χ0) is 9.68. The highest BCUT2D eigenvalue weighted by molar-refractivity contribution is 7.80. The third-order valence-corrected chi connectivity index (χ3v) is 1.46. The van der Waals surface area contributed by atoms with Crippen molar-refractivity contribution in [3.8, 4) is 11.8 Å². The minimum atomic E-state index is -0.998. The van der Waals surface area contributed by atoms with Gasteiger partial charge in [-0.2, -0.15) is 12.6 Å². The van der Waals surface area contributed by atoms with Crippen molar-refractivity contribution in [3.05, 3.63) is 29.6 Å². The molecule has 0 atom stereocenters. The van der Waals surface area contributed by atoms with Gasteiger partial charge in [0.05, 0.1) is 11.3 Å². The van der Waals surface area contributed by atoms with E-state index in [9.17, 15) is 4.79 Å². The molecule has 0 aliphatic heterocycles. The van der Waals surface area contributed by atoms with Crippen molar-refractivity contribution in [3.63, 3.8) is 0 Å². The van der Waals surface area contributed by atoms with Crippen LogP contribution >= 0.6 is 12.6 Å². The molecule has 0 fully saturated rings. The van der Waals surface area contributed by atoms with Crippen LogP contribution in [0.4, 0.5) is 0 Å². The van der Waals surface area contributed by atoms with Gasteiger partial charge in [-0.05, 0) is 6.07 Å². The van der Waals surface area contributed by atoms with Crippen LogP contribution in [0, 0.1) is 11.8 Å². The maximum atomic E-state index is 10.5. The van der Waals surface area contributed by atoms with Crippen LogP contribution in [0.15, 0.2) is 18.5 Å². The first kappa shape index (κ1) is 9.62. The van der Waals surface area contributed by atoms with Crippen molar-refractivity contribution < 1.29 is 9.90 Å². The summed E-state index contributed by atoms with van der Waals surface area (Å²) in [6.07, 6.45) is 2.80. The maximum absolute atomic E-state index is 10.5. The molecule has 1 rings (SSSR count). The predicted molar refractivity (Wildman–Crippen MR) is 51.9 cm³/mol. The summed E-state index contributed by atoms with van der Waals surface area (Å²) in [5, 5.41) is 8.63. The minimum Gasteiger partial charge on any atom is -0.478 e. The first-order valence-corrected chi connectivity index (χ1v) is 4.15. The average Bonchev–Trinajstić information content (AvgIpc) is 2.15. The van der Waals surface area contributed by atoms with E-state index >= 15 is 0 Å². The van der Waals surface area contributed by atoms with Gasteiger partial charge in [0, 0.05) is 18.0 Å². The number of thiol groups is 1. The smallest absolute Gasteiger partial charge is 0.337 e. The molecule has 66 valence electrons. The van der Waals surface area contributed by atoms with E-state index in [4.69, 9.17) is 5.11 Å². The van der Waals surface area contributed by atoms with Crippen LogP contribution in [0.25, 0.3) is 0 Å². The molecule has 0 unspecified atom stereocenters. The number of hydrogen-bond acceptors (Lipinski definition) is 3. The third-order valence-electron chi connectivity index (χ3n) is 1.30. The molecule has 0 saturated carbocycles. The number of hydrogen-bond donors (Lipinski definition) is 2. The first-order chi connectivity index (χ1) is 6.24. The zero-order valence-corrected chi connectivity index (χ0v) is 7.58. The van der Waals surface area contributed by atoms with Crippen molar-refractivity contribution in [2.24, 2.45) is 0 Å². The Bertz CT molecular complexity index is 379. The summed E-state index contributed by atoms with van der Waals surface area (Å²) in [5.41, 5.74) is 0.736. The number of pyridine rings is 1. The van der Waals surface area contributed by atoms with E-state index in [2.05, 4.69) is 29.5 Å². The number of rotatable bonds is 1. The molecule has 1 aromatic rings. The second kappa shape index (κ2) is 4.53. The van der Waals surface area contributed by atoms with Gasteiger partial charge in [0.2, 0.25) is 0 Å². The fourth-order valence-electron chi connectivity index (χ4n) is 0.767. The van der Waals surface area contributed by atoms with E-state index in [0.29, 0.717) is 11.3 Å². The molecule has 4 heteroatoms. The van der Waals surface area contributed by atoms with Crippen LogP contribution in [-0.4, -0.2) is 21.8 Å². The second-order valence-corrected chi connectivity index (χ2v) is 2.54. The van der Waals surface area contributed by atoms with Crippen molar-refractivity contribution in [1.82, 2.24) is 4.98 Å². The summed E-state index contributed by atoms with van der Waals surface area (Å²) in [5.74, 6) is 4.89. The summed E-state index contributed by atoms with van der Waals surface area (Å²) in [6.45, 7) is 0. The second-order valence-electron chi connectivity index (χ2n) is 2.23. The largest absolute Gasteiger partial charge is 0.478 e. The van der Waals surface area contributed by atoms with Gasteiger partial charge in [-0.1, -0.05) is 11.8 Å². The Balaban J connectivity index is 2.98. The molecule has 13 heavy (non-hydrogen) atoms. The molecule has 0 amide bonds. The van der Waals surface area contributed by atoms with Gasteiger partial charge in [-0.25, -0.2) is 4.79 Å². The summed E-state index contributed by atoms with van der Waals surface area (Å²) >= 11 is 3.91. The molecule has 1 heterocycles. The summed E-state index contributed by atoms with van der Waals surface area (Å²) in [7, 11) is 0. The number of carbonyl (C=O) groups is 1. The number of aromatic carboxylic acids is 1. The van der Waals surface area contributed by atoms with Gasteiger partial charge in [0.1, 0.15) is 0 Å². The van der Waals surface area contributed by atoms with E-state index in [0.717, 1.165) is 0 Å². The number of carboxylic acid groups (broad SMARTS) is 1. The highest BCUT2D eigenvalue weighted by atomic mass is 32.1. The standard InChI is InChI=1S/C9H7NO2S/c11-9(12)8-4-7(2-1-3-13)5-10-6-8/h4-6,13H,3H2,(H,11,12). The highest BCUT2D eigenvalue weighted by Crippen LogP contribution is 2.00. The predicted octanol–water partition coefficient (Wildman–Crippen LogP) is 1.06. The normalized spacial score (nSPS) is 8.69. The number of nitrogens with zero attached hydrogens (tertiary/aromatic N) is 1. The first-order valence-electron chi connectivity index (χ1n) is 3.52. The van der Waals surface area contributed by atoms with Crippen LogP contribution in [0.1, 0.15) is 15.9 Å². The lowest BCUT2D eigenvalue weighted by molar-refractivity contribution is 0.0696. The van der Waals surface area contributed by atoms with Crippen molar-refractivity contribution in [2.45, 2.75) is 0 Å². The van der Waals surface area contributed by atoms with Gasteiger partial charge in [0.15, 0.2) is 0 Å². The average molecular weight is 193 g/mol. The Morgan fingerprint density at radius 1 is 1.62 bits per heavy atom. The Hall–Kier alpha value is -1.47. The molecular formula is C9H7NO2S. The van der Waals surface area contributed by atoms with E-state index in [-0.39, 0.29) is 5.56 Å². The topological polar surface area (TPSA) is 50.2 Å². The van der Waals surface area contributed by atoms with Crippen molar-refractivity contribution >= 4 is 18.6 Å². The van der Waals surface area contributed by atoms with E-state index in [1.54, 1.807) is 0 Å². The summed E-state index contributed by atoms with van der Waals surface area (Å²) in [6, 6.07) is 1.48. The molecule has 0 aliphatic carbocycles. The number of carboxylic acids is 1. The minimum absolute atomic E-state index is 0.144. The van der Waals surface area contributed by atoms with Crippen molar-refractivity contribution in [1.29, 1.82) is 0 Å². The summed E-state index contributed by atoms with van der Waals surface area (Å²) in [4.78, 5) is 14.3. The van der Waals surface area contributed by atoms with Gasteiger partial charge in [-0.3, -0.25) is 4.98 Å². The molecule has 0 saturated heterocycles. The molecule has 0 spiro atoms. The van der Waals surface area contributed by atoms with Crippen LogP contribution < -0.4 is 0 Å². The lowest BCUT2D eigenvalue weighted by Crippen LogP contribution is -1.97. The zero-order valence-electron chi connectivity index (χ0n) is 6.69. The monoisotopic (exact) mass is 193 g/mol. The Kier molecular flexibility index (Phi) is 3.35.